The Morgan fingerprint density at radius 2 is 1.74 bits per heavy atom. The number of nitrogens with zero attached hydrogens (tertiary/aromatic N) is 2. The Kier molecular flexibility index (Phi) is 9.14. The molecule has 2 aromatic rings. The Hall–Kier alpha value is -3.98. The molecule has 2 unspecified atom stereocenters. The maximum atomic E-state index is 13.5. The fourth-order valence-corrected chi connectivity index (χ4v) is 5.65. The molecule has 4 rings (SSSR count). The summed E-state index contributed by atoms with van der Waals surface area (Å²) >= 11 is 0. The zero-order valence-corrected chi connectivity index (χ0v) is 22.7. The van der Waals surface area contributed by atoms with E-state index in [0.29, 0.717) is 40.6 Å². The molecule has 2 heterocycles. The summed E-state index contributed by atoms with van der Waals surface area (Å²) in [5, 5.41) is 17.4. The van der Waals surface area contributed by atoms with Crippen molar-refractivity contribution < 1.29 is 19.2 Å². The molecule has 39 heavy (non-hydrogen) atoms. The number of non-ortho nitro benzene ring substituents is 1. The molecular formula is C30H36N4O5. The van der Waals surface area contributed by atoms with Crippen LogP contribution in [-0.2, 0) is 14.3 Å². The van der Waals surface area contributed by atoms with Gasteiger partial charge in [-0.25, -0.2) is 4.79 Å². The van der Waals surface area contributed by atoms with E-state index in [-0.39, 0.29) is 11.6 Å². The Labute approximate surface area is 229 Å². The molecule has 9 nitrogen and oxygen atoms in total. The van der Waals surface area contributed by atoms with Crippen LogP contribution in [0.4, 0.5) is 5.69 Å². The number of benzene rings is 2. The fraction of sp³-hybridized carbons (Fsp3) is 0.400. The van der Waals surface area contributed by atoms with Crippen LogP contribution in [0, 0.1) is 10.1 Å². The van der Waals surface area contributed by atoms with E-state index in [2.05, 4.69) is 39.8 Å². The van der Waals surface area contributed by atoms with E-state index in [1.54, 1.807) is 26.0 Å². The number of likely N-dealkylation sites (tertiary alicyclic amines) is 1. The van der Waals surface area contributed by atoms with Gasteiger partial charge >= 0.3 is 5.97 Å². The number of dihydropyridines is 1. The number of nitro groups is 1. The second kappa shape index (κ2) is 12.7. The van der Waals surface area contributed by atoms with E-state index in [1.807, 2.05) is 6.07 Å². The predicted octanol–water partition coefficient (Wildman–Crippen LogP) is 4.39. The molecule has 9 heteroatoms. The molecule has 2 N–H and O–H groups in total. The molecule has 0 bridgehead atoms. The van der Waals surface area contributed by atoms with Crippen molar-refractivity contribution in [2.24, 2.45) is 0 Å². The van der Waals surface area contributed by atoms with Crippen LogP contribution in [-0.4, -0.2) is 55.0 Å². The summed E-state index contributed by atoms with van der Waals surface area (Å²) in [7, 11) is 1.30. The number of amides is 1. The average Bonchev–Trinajstić information content (AvgIpc) is 2.95. The van der Waals surface area contributed by atoms with Crippen LogP contribution in [0.15, 0.2) is 77.1 Å². The van der Waals surface area contributed by atoms with Gasteiger partial charge in [-0.1, -0.05) is 42.5 Å². The van der Waals surface area contributed by atoms with Gasteiger partial charge in [-0.2, -0.15) is 0 Å². The van der Waals surface area contributed by atoms with Crippen molar-refractivity contribution >= 4 is 17.6 Å². The highest BCUT2D eigenvalue weighted by Crippen LogP contribution is 2.39. The maximum absolute atomic E-state index is 13.5. The minimum absolute atomic E-state index is 0.0630. The van der Waals surface area contributed by atoms with Gasteiger partial charge in [-0.15, -0.1) is 0 Å². The molecule has 2 atom stereocenters. The number of carbonyl (C=O) groups is 2. The highest BCUT2D eigenvalue weighted by Gasteiger charge is 2.37. The molecule has 2 aliphatic rings. The van der Waals surface area contributed by atoms with Gasteiger partial charge in [0.15, 0.2) is 0 Å². The SMILES string of the molecule is COC(=O)C1=C(C)NC(C)=C(C(=O)NCCCN2CCCC(c3ccccc3)C2)C1c1ccc([N+](=O)[O-])cc1. The Morgan fingerprint density at radius 1 is 1.05 bits per heavy atom. The Morgan fingerprint density at radius 3 is 2.41 bits per heavy atom. The number of allylic oxidation sites excluding steroid dienone is 2. The number of rotatable bonds is 9. The van der Waals surface area contributed by atoms with Gasteiger partial charge < -0.3 is 20.3 Å². The molecular weight excluding hydrogens is 496 g/mol. The monoisotopic (exact) mass is 532 g/mol. The number of ether oxygens (including phenoxy) is 1. The Bertz CT molecular complexity index is 1270. The van der Waals surface area contributed by atoms with Gasteiger partial charge in [0.1, 0.15) is 0 Å². The van der Waals surface area contributed by atoms with Crippen molar-refractivity contribution in [3.8, 4) is 0 Å². The van der Waals surface area contributed by atoms with Crippen molar-refractivity contribution in [3.63, 3.8) is 0 Å². The largest absolute Gasteiger partial charge is 0.466 e. The summed E-state index contributed by atoms with van der Waals surface area (Å²) in [6, 6.07) is 16.6. The first-order valence-electron chi connectivity index (χ1n) is 13.4. The maximum Gasteiger partial charge on any atom is 0.336 e. The van der Waals surface area contributed by atoms with Crippen LogP contribution >= 0.6 is 0 Å². The number of methoxy groups -OCH3 is 1. The van der Waals surface area contributed by atoms with Gasteiger partial charge in [-0.05, 0) is 63.2 Å². The minimum atomic E-state index is -0.715. The lowest BCUT2D eigenvalue weighted by Gasteiger charge is -2.33. The van der Waals surface area contributed by atoms with Crippen molar-refractivity contribution in [1.82, 2.24) is 15.5 Å². The first-order chi connectivity index (χ1) is 18.8. The molecule has 206 valence electrons. The number of piperidine rings is 1. The van der Waals surface area contributed by atoms with Crippen LogP contribution in [0.3, 0.4) is 0 Å². The van der Waals surface area contributed by atoms with Gasteiger partial charge in [0.05, 0.1) is 23.5 Å². The summed E-state index contributed by atoms with van der Waals surface area (Å²) in [6.07, 6.45) is 3.15. The molecule has 0 saturated carbocycles. The lowest BCUT2D eigenvalue weighted by molar-refractivity contribution is -0.384. The third kappa shape index (κ3) is 6.54. The number of esters is 1. The van der Waals surface area contributed by atoms with Crippen molar-refractivity contribution in [2.75, 3.05) is 33.3 Å². The van der Waals surface area contributed by atoms with Crippen LogP contribution < -0.4 is 10.6 Å². The van der Waals surface area contributed by atoms with Crippen LogP contribution in [0.5, 0.6) is 0 Å². The predicted molar refractivity (Wildman–Crippen MR) is 149 cm³/mol. The summed E-state index contributed by atoms with van der Waals surface area (Å²) in [6.45, 7) is 7.00. The number of nitrogens with one attached hydrogen (secondary N) is 2. The van der Waals surface area contributed by atoms with E-state index in [9.17, 15) is 19.7 Å². The quantitative estimate of drug-likeness (QED) is 0.213. The Balaban J connectivity index is 1.44. The first-order valence-corrected chi connectivity index (χ1v) is 13.4. The van der Waals surface area contributed by atoms with E-state index in [0.717, 1.165) is 32.5 Å². The minimum Gasteiger partial charge on any atom is -0.466 e. The highest BCUT2D eigenvalue weighted by atomic mass is 16.6. The average molecular weight is 533 g/mol. The standard InChI is InChI=1S/C30H36N4O5/c1-20-26(28(27(21(2)32-20)30(36)39-3)23-12-14-25(15-13-23)34(37)38)29(35)31-16-8-18-33-17-7-11-24(19-33)22-9-5-4-6-10-22/h4-6,9-10,12-15,24,28,32H,7-8,11,16-19H2,1-3H3,(H,31,35). The van der Waals surface area contributed by atoms with Gasteiger partial charge in [-0.3, -0.25) is 14.9 Å². The number of hydrogen-bond acceptors (Lipinski definition) is 7. The van der Waals surface area contributed by atoms with E-state index < -0.39 is 16.8 Å². The van der Waals surface area contributed by atoms with Crippen molar-refractivity contribution in [2.45, 2.75) is 44.9 Å². The highest BCUT2D eigenvalue weighted by molar-refractivity contribution is 6.02. The fourth-order valence-electron chi connectivity index (χ4n) is 5.65. The molecule has 2 aromatic carbocycles. The van der Waals surface area contributed by atoms with E-state index >= 15 is 0 Å². The molecule has 0 aliphatic carbocycles. The summed E-state index contributed by atoms with van der Waals surface area (Å²) in [5.41, 5.74) is 3.84. The van der Waals surface area contributed by atoms with Gasteiger partial charge in [0, 0.05) is 42.2 Å². The molecule has 1 amide bonds. The number of carbonyl (C=O) groups excluding carboxylic acids is 2. The van der Waals surface area contributed by atoms with Crippen LogP contribution in [0.1, 0.15) is 56.1 Å². The molecule has 0 spiro atoms. The van der Waals surface area contributed by atoms with Crippen molar-refractivity contribution in [1.29, 1.82) is 0 Å². The molecule has 2 aliphatic heterocycles. The second-order valence-electron chi connectivity index (χ2n) is 10.1. The lowest BCUT2D eigenvalue weighted by atomic mass is 9.80. The van der Waals surface area contributed by atoms with Crippen molar-refractivity contribution in [3.05, 3.63) is 98.4 Å². The van der Waals surface area contributed by atoms with Gasteiger partial charge in [0.2, 0.25) is 5.91 Å². The first kappa shape index (κ1) is 28.0. The zero-order chi connectivity index (χ0) is 27.9. The molecule has 0 aromatic heterocycles. The normalized spacial score (nSPS) is 19.9. The van der Waals surface area contributed by atoms with Crippen LogP contribution in [0.25, 0.3) is 0 Å². The third-order valence-electron chi connectivity index (χ3n) is 7.56. The van der Waals surface area contributed by atoms with E-state index in [4.69, 9.17) is 4.74 Å². The lowest BCUT2D eigenvalue weighted by Crippen LogP contribution is -2.38. The smallest absolute Gasteiger partial charge is 0.336 e. The summed E-state index contributed by atoms with van der Waals surface area (Å²) in [5.74, 6) is -1.02. The van der Waals surface area contributed by atoms with Crippen LogP contribution in [0.2, 0.25) is 0 Å². The third-order valence-corrected chi connectivity index (χ3v) is 7.56. The van der Waals surface area contributed by atoms with Gasteiger partial charge in [0.25, 0.3) is 5.69 Å². The number of hydrogen-bond donors (Lipinski definition) is 2. The number of nitro benzene ring substituents is 1. The van der Waals surface area contributed by atoms with E-state index in [1.165, 1.54) is 31.2 Å². The molecule has 0 radical (unpaired) electrons. The molecule has 1 fully saturated rings. The summed E-state index contributed by atoms with van der Waals surface area (Å²) in [4.78, 5) is 39.5. The summed E-state index contributed by atoms with van der Waals surface area (Å²) < 4.78 is 5.04. The molecule has 1 saturated heterocycles. The topological polar surface area (TPSA) is 114 Å². The second-order valence-corrected chi connectivity index (χ2v) is 10.1. The zero-order valence-electron chi connectivity index (χ0n) is 22.7.